The highest BCUT2D eigenvalue weighted by molar-refractivity contribution is 5.83. The summed E-state index contributed by atoms with van der Waals surface area (Å²) < 4.78 is 19.1. The molecule has 0 unspecified atom stereocenters. The Morgan fingerprint density at radius 1 is 1.20 bits per heavy atom. The molecule has 1 N–H and O–H groups in total. The van der Waals surface area contributed by atoms with E-state index in [-0.39, 0.29) is 17.8 Å². The van der Waals surface area contributed by atoms with Crippen LogP contribution in [-0.2, 0) is 9.53 Å². The number of halogens is 1. The molecule has 0 spiro atoms. The first-order valence-electron chi connectivity index (χ1n) is 8.42. The molecule has 2 atom stereocenters. The Bertz CT molecular complexity index is 705. The van der Waals surface area contributed by atoms with E-state index in [1.54, 1.807) is 24.5 Å². The molecule has 3 rings (SSSR count). The molecule has 1 aliphatic heterocycles. The Balaban J connectivity index is 1.81. The van der Waals surface area contributed by atoms with Gasteiger partial charge in [-0.1, -0.05) is 12.1 Å². The van der Waals surface area contributed by atoms with Gasteiger partial charge < -0.3 is 10.1 Å². The van der Waals surface area contributed by atoms with Crippen molar-refractivity contribution in [1.29, 1.82) is 0 Å². The monoisotopic (exact) mass is 343 g/mol. The summed E-state index contributed by atoms with van der Waals surface area (Å²) in [5.74, 6) is -0.484. The van der Waals surface area contributed by atoms with Gasteiger partial charge in [0, 0.05) is 25.5 Å². The van der Waals surface area contributed by atoms with Crippen LogP contribution in [0.1, 0.15) is 30.1 Å². The number of carbonyl (C=O) groups excluding carboxylic acids is 1. The summed E-state index contributed by atoms with van der Waals surface area (Å²) in [5.41, 5.74) is 1.63. The number of rotatable bonds is 5. The van der Waals surface area contributed by atoms with E-state index >= 15 is 0 Å². The largest absolute Gasteiger partial charge is 0.379 e. The van der Waals surface area contributed by atoms with Gasteiger partial charge in [0.1, 0.15) is 11.9 Å². The van der Waals surface area contributed by atoms with Crippen molar-refractivity contribution in [3.63, 3.8) is 0 Å². The maximum absolute atomic E-state index is 13.7. The van der Waals surface area contributed by atoms with Gasteiger partial charge in [-0.2, -0.15) is 0 Å². The average molecular weight is 343 g/mol. The van der Waals surface area contributed by atoms with Gasteiger partial charge >= 0.3 is 0 Å². The Hall–Kier alpha value is -2.31. The van der Waals surface area contributed by atoms with E-state index in [1.807, 2.05) is 24.0 Å². The van der Waals surface area contributed by atoms with Gasteiger partial charge in [-0.15, -0.1) is 0 Å². The molecule has 0 bridgehead atoms. The molecule has 0 radical (unpaired) electrons. The predicted molar refractivity (Wildman–Crippen MR) is 92.3 cm³/mol. The highest BCUT2D eigenvalue weighted by Gasteiger charge is 2.30. The van der Waals surface area contributed by atoms with Gasteiger partial charge in [0.05, 0.1) is 19.3 Å². The summed E-state index contributed by atoms with van der Waals surface area (Å²) in [7, 11) is 0. The van der Waals surface area contributed by atoms with E-state index < -0.39 is 6.04 Å². The van der Waals surface area contributed by atoms with Crippen LogP contribution in [0.5, 0.6) is 0 Å². The number of benzene rings is 1. The first kappa shape index (κ1) is 17.5. The van der Waals surface area contributed by atoms with E-state index in [2.05, 4.69) is 10.3 Å². The number of aromatic nitrogens is 1. The standard InChI is InChI=1S/C19H22FN3O2/c1-14(15-5-7-21-8-6-15)22-19(24)18(23-9-11-25-12-10-23)16-3-2-4-17(20)13-16/h2-8,13-14,18H,9-12H2,1H3,(H,22,24)/t14-,18-/m0/s1. The minimum absolute atomic E-state index is 0.142. The van der Waals surface area contributed by atoms with Crippen molar-refractivity contribution in [2.75, 3.05) is 26.3 Å². The highest BCUT2D eigenvalue weighted by atomic mass is 19.1. The molecular weight excluding hydrogens is 321 g/mol. The van der Waals surface area contributed by atoms with Crippen LogP contribution in [-0.4, -0.2) is 42.1 Å². The van der Waals surface area contributed by atoms with Crippen LogP contribution in [0.2, 0.25) is 0 Å². The topological polar surface area (TPSA) is 54.5 Å². The minimum Gasteiger partial charge on any atom is -0.379 e. The quantitative estimate of drug-likeness (QED) is 0.906. The molecule has 2 aromatic rings. The van der Waals surface area contributed by atoms with Crippen molar-refractivity contribution in [3.8, 4) is 0 Å². The minimum atomic E-state index is -0.538. The number of ether oxygens (including phenoxy) is 1. The second-order valence-corrected chi connectivity index (χ2v) is 6.12. The summed E-state index contributed by atoms with van der Waals surface area (Å²) in [6.07, 6.45) is 3.40. The molecule has 0 aliphatic carbocycles. The van der Waals surface area contributed by atoms with E-state index in [0.29, 0.717) is 31.9 Å². The van der Waals surface area contributed by atoms with Gasteiger partial charge in [-0.25, -0.2) is 4.39 Å². The van der Waals surface area contributed by atoms with E-state index in [1.165, 1.54) is 12.1 Å². The van der Waals surface area contributed by atoms with Crippen LogP contribution in [0, 0.1) is 5.82 Å². The normalized spacial score (nSPS) is 17.7. The number of nitrogens with one attached hydrogen (secondary N) is 1. The maximum atomic E-state index is 13.7. The summed E-state index contributed by atoms with van der Waals surface area (Å²) in [4.78, 5) is 19.0. The fraction of sp³-hybridized carbons (Fsp3) is 0.368. The first-order chi connectivity index (χ1) is 12.1. The lowest BCUT2D eigenvalue weighted by Crippen LogP contribution is -2.46. The maximum Gasteiger partial charge on any atom is 0.242 e. The van der Waals surface area contributed by atoms with Crippen LogP contribution in [0.4, 0.5) is 4.39 Å². The molecule has 1 aromatic carbocycles. The van der Waals surface area contributed by atoms with E-state index in [9.17, 15) is 9.18 Å². The fourth-order valence-electron chi connectivity index (χ4n) is 3.07. The second kappa shape index (κ2) is 8.18. The lowest BCUT2D eigenvalue weighted by atomic mass is 10.0. The molecule has 5 nitrogen and oxygen atoms in total. The SMILES string of the molecule is C[C@H](NC(=O)[C@H](c1cccc(F)c1)N1CCOCC1)c1ccncc1. The number of pyridine rings is 1. The Morgan fingerprint density at radius 2 is 1.92 bits per heavy atom. The molecule has 2 heterocycles. The highest BCUT2D eigenvalue weighted by Crippen LogP contribution is 2.24. The van der Waals surface area contributed by atoms with Gasteiger partial charge in [0.15, 0.2) is 0 Å². The van der Waals surface area contributed by atoms with Gasteiger partial charge in [-0.05, 0) is 42.3 Å². The predicted octanol–water partition coefficient (Wildman–Crippen LogP) is 2.47. The van der Waals surface area contributed by atoms with Crippen molar-refractivity contribution < 1.29 is 13.9 Å². The van der Waals surface area contributed by atoms with Crippen LogP contribution >= 0.6 is 0 Å². The fourth-order valence-corrected chi connectivity index (χ4v) is 3.07. The molecule has 25 heavy (non-hydrogen) atoms. The molecule has 6 heteroatoms. The van der Waals surface area contributed by atoms with Crippen molar-refractivity contribution in [2.24, 2.45) is 0 Å². The van der Waals surface area contributed by atoms with Crippen molar-refractivity contribution in [1.82, 2.24) is 15.2 Å². The Kier molecular flexibility index (Phi) is 5.73. The first-order valence-corrected chi connectivity index (χ1v) is 8.42. The molecule has 1 amide bonds. The lowest BCUT2D eigenvalue weighted by Gasteiger charge is -2.34. The van der Waals surface area contributed by atoms with Gasteiger partial charge in [0.2, 0.25) is 5.91 Å². The van der Waals surface area contributed by atoms with Crippen molar-refractivity contribution in [3.05, 3.63) is 65.7 Å². The molecule has 1 fully saturated rings. The third-order valence-corrected chi connectivity index (χ3v) is 4.39. The molecular formula is C19H22FN3O2. The van der Waals surface area contributed by atoms with E-state index in [0.717, 1.165) is 5.56 Å². The summed E-state index contributed by atoms with van der Waals surface area (Å²) in [5, 5.41) is 3.04. The molecule has 1 aliphatic rings. The zero-order chi connectivity index (χ0) is 17.6. The average Bonchev–Trinajstić information content (AvgIpc) is 2.63. The van der Waals surface area contributed by atoms with Crippen molar-refractivity contribution in [2.45, 2.75) is 19.0 Å². The van der Waals surface area contributed by atoms with Gasteiger partial charge in [0.25, 0.3) is 0 Å². The number of hydrogen-bond acceptors (Lipinski definition) is 4. The zero-order valence-corrected chi connectivity index (χ0v) is 14.2. The third kappa shape index (κ3) is 4.41. The smallest absolute Gasteiger partial charge is 0.242 e. The molecule has 0 saturated carbocycles. The summed E-state index contributed by atoms with van der Waals surface area (Å²) >= 11 is 0. The Labute approximate surface area is 146 Å². The molecule has 1 aromatic heterocycles. The summed E-state index contributed by atoms with van der Waals surface area (Å²) in [6, 6.07) is 9.29. The number of amides is 1. The lowest BCUT2D eigenvalue weighted by molar-refractivity contribution is -0.129. The summed E-state index contributed by atoms with van der Waals surface area (Å²) in [6.45, 7) is 4.34. The van der Waals surface area contributed by atoms with Crippen LogP contribution in [0.25, 0.3) is 0 Å². The van der Waals surface area contributed by atoms with Crippen LogP contribution in [0.3, 0.4) is 0 Å². The number of carbonyl (C=O) groups is 1. The second-order valence-electron chi connectivity index (χ2n) is 6.12. The van der Waals surface area contributed by atoms with Gasteiger partial charge in [-0.3, -0.25) is 14.7 Å². The molecule has 1 saturated heterocycles. The van der Waals surface area contributed by atoms with Crippen LogP contribution < -0.4 is 5.32 Å². The van der Waals surface area contributed by atoms with Crippen molar-refractivity contribution >= 4 is 5.91 Å². The number of hydrogen-bond donors (Lipinski definition) is 1. The zero-order valence-electron chi connectivity index (χ0n) is 14.2. The van der Waals surface area contributed by atoms with Crippen LogP contribution in [0.15, 0.2) is 48.8 Å². The Morgan fingerprint density at radius 3 is 2.60 bits per heavy atom. The van der Waals surface area contributed by atoms with E-state index in [4.69, 9.17) is 4.74 Å². The number of nitrogens with zero attached hydrogens (tertiary/aromatic N) is 2. The number of morpholine rings is 1. The molecule has 132 valence electrons. The third-order valence-electron chi connectivity index (χ3n) is 4.39.